The third kappa shape index (κ3) is 4.86. The second kappa shape index (κ2) is 8.68. The summed E-state index contributed by atoms with van der Waals surface area (Å²) in [7, 11) is 1.34. The van der Waals surface area contributed by atoms with Gasteiger partial charge in [0.2, 0.25) is 5.91 Å². The van der Waals surface area contributed by atoms with E-state index in [-0.39, 0.29) is 5.91 Å². The van der Waals surface area contributed by atoms with Gasteiger partial charge in [0.25, 0.3) is 0 Å². The molecule has 0 bridgehead atoms. The fourth-order valence-electron chi connectivity index (χ4n) is 2.37. The van der Waals surface area contributed by atoms with Gasteiger partial charge in [0.15, 0.2) is 0 Å². The third-order valence-corrected chi connectivity index (χ3v) is 5.11. The number of hydrogen-bond acceptors (Lipinski definition) is 4. The number of hydrogen-bond donors (Lipinski definition) is 2. The monoisotopic (exact) mass is 482 g/mol. The summed E-state index contributed by atoms with van der Waals surface area (Å²) in [6.07, 6.45) is 0. The fourth-order valence-corrected chi connectivity index (χ4v) is 3.99. The highest BCUT2D eigenvalue weighted by molar-refractivity contribution is 9.11. The van der Waals surface area contributed by atoms with Crippen LogP contribution in [0.4, 0.5) is 11.4 Å². The lowest BCUT2D eigenvalue weighted by Crippen LogP contribution is -2.32. The number of halogens is 2. The van der Waals surface area contributed by atoms with Crippen molar-refractivity contribution in [3.05, 3.63) is 56.0 Å². The van der Waals surface area contributed by atoms with E-state index in [0.29, 0.717) is 16.9 Å². The molecule has 26 heavy (non-hydrogen) atoms. The number of esters is 1. The zero-order chi connectivity index (χ0) is 19.4. The first-order valence-corrected chi connectivity index (χ1v) is 9.53. The molecule has 2 aromatic carbocycles. The summed E-state index contributed by atoms with van der Waals surface area (Å²) in [5, 5.41) is 6.06. The number of rotatable bonds is 5. The topological polar surface area (TPSA) is 67.4 Å². The van der Waals surface area contributed by atoms with Gasteiger partial charge in [-0.2, -0.15) is 0 Å². The molecule has 0 aliphatic rings. The molecule has 2 N–H and O–H groups in total. The number of anilines is 2. The molecule has 0 aromatic heterocycles. The van der Waals surface area contributed by atoms with Crippen molar-refractivity contribution in [2.24, 2.45) is 0 Å². The highest BCUT2D eigenvalue weighted by Gasteiger charge is 2.18. The van der Waals surface area contributed by atoms with E-state index in [0.717, 1.165) is 20.1 Å². The number of ether oxygens (including phenoxy) is 1. The van der Waals surface area contributed by atoms with E-state index in [9.17, 15) is 9.59 Å². The molecule has 1 amide bonds. The van der Waals surface area contributed by atoms with Gasteiger partial charge in [-0.3, -0.25) is 4.79 Å². The van der Waals surface area contributed by atoms with Crippen molar-refractivity contribution in [1.82, 2.24) is 0 Å². The number of carbonyl (C=O) groups is 2. The van der Waals surface area contributed by atoms with Crippen LogP contribution < -0.4 is 10.6 Å². The van der Waals surface area contributed by atoms with Crippen LogP contribution in [0.2, 0.25) is 0 Å². The molecule has 138 valence electrons. The maximum atomic E-state index is 12.6. The molecule has 2 rings (SSSR count). The van der Waals surface area contributed by atoms with Crippen LogP contribution in [-0.2, 0) is 9.53 Å². The van der Waals surface area contributed by atoms with Crippen LogP contribution in [0.5, 0.6) is 0 Å². The number of carbonyl (C=O) groups excluding carboxylic acids is 2. The lowest BCUT2D eigenvalue weighted by molar-refractivity contribution is -0.116. The quantitative estimate of drug-likeness (QED) is 0.583. The first kappa shape index (κ1) is 20.5. The maximum Gasteiger partial charge on any atom is 0.337 e. The second-order valence-electron chi connectivity index (χ2n) is 5.98. The standard InChI is InChI=1S/C19H20Br2N2O3/c1-10-7-14(20)17(15(21)8-10)23-18(24)12(3)22-16-9-13(19(25)26-4)6-5-11(16)2/h5-9,12,22H,1-4H3,(H,23,24)/t12-/m0/s1. The molecule has 0 unspecified atom stereocenters. The van der Waals surface area contributed by atoms with E-state index in [1.54, 1.807) is 19.1 Å². The number of methoxy groups -OCH3 is 1. The second-order valence-corrected chi connectivity index (χ2v) is 7.69. The molecule has 0 saturated carbocycles. The Bertz CT molecular complexity index is 830. The maximum absolute atomic E-state index is 12.6. The van der Waals surface area contributed by atoms with Gasteiger partial charge in [-0.25, -0.2) is 4.79 Å². The number of nitrogens with one attached hydrogen (secondary N) is 2. The minimum absolute atomic E-state index is 0.196. The molecule has 0 aliphatic carbocycles. The predicted octanol–water partition coefficient (Wildman–Crippen LogP) is 5.05. The smallest absolute Gasteiger partial charge is 0.337 e. The third-order valence-electron chi connectivity index (χ3n) is 3.86. The summed E-state index contributed by atoms with van der Waals surface area (Å²) in [4.78, 5) is 24.3. The van der Waals surface area contributed by atoms with Gasteiger partial charge in [-0.1, -0.05) is 6.07 Å². The molecule has 0 radical (unpaired) electrons. The van der Waals surface area contributed by atoms with Crippen LogP contribution in [0.15, 0.2) is 39.3 Å². The lowest BCUT2D eigenvalue weighted by Gasteiger charge is -2.19. The Morgan fingerprint density at radius 1 is 1.08 bits per heavy atom. The zero-order valence-electron chi connectivity index (χ0n) is 14.9. The Morgan fingerprint density at radius 3 is 2.27 bits per heavy atom. The van der Waals surface area contributed by atoms with Gasteiger partial charge in [0, 0.05) is 14.6 Å². The summed E-state index contributed by atoms with van der Waals surface area (Å²) in [6, 6.07) is 8.54. The van der Waals surface area contributed by atoms with Crippen molar-refractivity contribution in [3.8, 4) is 0 Å². The molecular weight excluding hydrogens is 464 g/mol. The van der Waals surface area contributed by atoms with Crippen molar-refractivity contribution in [2.75, 3.05) is 17.7 Å². The highest BCUT2D eigenvalue weighted by Crippen LogP contribution is 2.32. The van der Waals surface area contributed by atoms with Gasteiger partial charge in [-0.05, 0) is 88.0 Å². The summed E-state index contributed by atoms with van der Waals surface area (Å²) >= 11 is 6.94. The summed E-state index contributed by atoms with van der Waals surface area (Å²) in [5.74, 6) is -0.615. The molecule has 5 nitrogen and oxygen atoms in total. The average molecular weight is 484 g/mol. The zero-order valence-corrected chi connectivity index (χ0v) is 18.1. The van der Waals surface area contributed by atoms with Crippen molar-refractivity contribution in [3.63, 3.8) is 0 Å². The Hall–Kier alpha value is -1.86. The van der Waals surface area contributed by atoms with Gasteiger partial charge in [0.05, 0.1) is 18.4 Å². The number of amides is 1. The molecule has 2 aromatic rings. The van der Waals surface area contributed by atoms with Crippen LogP contribution in [0.25, 0.3) is 0 Å². The van der Waals surface area contributed by atoms with Gasteiger partial charge >= 0.3 is 5.97 Å². The van der Waals surface area contributed by atoms with E-state index >= 15 is 0 Å². The molecular formula is C19H20Br2N2O3. The number of benzene rings is 2. The van der Waals surface area contributed by atoms with Gasteiger partial charge in [0.1, 0.15) is 6.04 Å². The normalized spacial score (nSPS) is 11.6. The minimum Gasteiger partial charge on any atom is -0.465 e. The molecule has 7 heteroatoms. The number of aryl methyl sites for hydroxylation is 2. The van der Waals surface area contributed by atoms with E-state index in [1.807, 2.05) is 32.0 Å². The summed E-state index contributed by atoms with van der Waals surface area (Å²) in [6.45, 7) is 5.64. The van der Waals surface area contributed by atoms with Crippen LogP contribution >= 0.6 is 31.9 Å². The Kier molecular flexibility index (Phi) is 6.83. The first-order valence-electron chi connectivity index (χ1n) is 7.95. The van der Waals surface area contributed by atoms with Gasteiger partial charge in [-0.15, -0.1) is 0 Å². The van der Waals surface area contributed by atoms with E-state index in [4.69, 9.17) is 4.74 Å². The van der Waals surface area contributed by atoms with E-state index < -0.39 is 12.0 Å². The fraction of sp³-hybridized carbons (Fsp3) is 0.263. The van der Waals surface area contributed by atoms with E-state index in [2.05, 4.69) is 42.5 Å². The van der Waals surface area contributed by atoms with Crippen LogP contribution in [0, 0.1) is 13.8 Å². The Labute approximate surface area is 169 Å². The van der Waals surface area contributed by atoms with Crippen LogP contribution in [-0.4, -0.2) is 25.0 Å². The Balaban J connectivity index is 2.16. The first-order chi connectivity index (χ1) is 12.2. The minimum atomic E-state index is -0.512. The van der Waals surface area contributed by atoms with Crippen molar-refractivity contribution < 1.29 is 14.3 Å². The van der Waals surface area contributed by atoms with Crippen molar-refractivity contribution >= 4 is 55.1 Å². The Morgan fingerprint density at radius 2 is 1.69 bits per heavy atom. The highest BCUT2D eigenvalue weighted by atomic mass is 79.9. The van der Waals surface area contributed by atoms with Gasteiger partial charge < -0.3 is 15.4 Å². The summed E-state index contributed by atoms with van der Waals surface area (Å²) < 4.78 is 6.34. The van der Waals surface area contributed by atoms with Crippen molar-refractivity contribution in [1.29, 1.82) is 0 Å². The molecule has 0 saturated heterocycles. The molecule has 0 heterocycles. The predicted molar refractivity (Wildman–Crippen MR) is 111 cm³/mol. The molecule has 0 aliphatic heterocycles. The van der Waals surface area contributed by atoms with Crippen molar-refractivity contribution in [2.45, 2.75) is 26.8 Å². The lowest BCUT2D eigenvalue weighted by atomic mass is 10.1. The molecule has 1 atom stereocenters. The van der Waals surface area contributed by atoms with E-state index in [1.165, 1.54) is 7.11 Å². The molecule has 0 spiro atoms. The largest absolute Gasteiger partial charge is 0.465 e. The molecule has 0 fully saturated rings. The van der Waals surface area contributed by atoms with Crippen LogP contribution in [0.1, 0.15) is 28.4 Å². The van der Waals surface area contributed by atoms with Crippen LogP contribution in [0.3, 0.4) is 0 Å². The summed E-state index contributed by atoms with van der Waals surface area (Å²) in [5.41, 5.74) is 3.81. The SMILES string of the molecule is COC(=O)c1ccc(C)c(N[C@@H](C)C(=O)Nc2c(Br)cc(C)cc2Br)c1. The average Bonchev–Trinajstić information content (AvgIpc) is 2.58.